The fraction of sp³-hybridized carbons (Fsp3) is 0.556. The van der Waals surface area contributed by atoms with Crippen LogP contribution in [0.25, 0.3) is 0 Å². The zero-order valence-corrected chi connectivity index (χ0v) is 20.9. The normalized spacial score (nSPS) is 18.8. The zero-order valence-electron chi connectivity index (χ0n) is 20.9. The summed E-state index contributed by atoms with van der Waals surface area (Å²) in [6.45, 7) is 2.06. The van der Waals surface area contributed by atoms with Gasteiger partial charge in [-0.15, -0.1) is 0 Å². The van der Waals surface area contributed by atoms with Crippen LogP contribution < -0.4 is 5.32 Å². The predicted octanol–water partition coefficient (Wildman–Crippen LogP) is 5.49. The van der Waals surface area contributed by atoms with Crippen LogP contribution in [0, 0.1) is 11.3 Å². The standard InChI is InChI=1S/C27H31F6N3O2/c28-26(29,30)22-12-21(13-23(14-22)27(31,32)33)18-36(17-19-3-10-38-11-4-19)24(37)25(5-8-34-9-6-25)15-20-2-1-7-35-16-20/h1-2,7,12-14,16,19,34H,3-6,8-11,15,17-18H2. The second-order valence-corrected chi connectivity index (χ2v) is 10.2. The number of amides is 1. The van der Waals surface area contributed by atoms with E-state index in [1.54, 1.807) is 18.5 Å². The molecule has 1 N–H and O–H groups in total. The molecule has 2 saturated heterocycles. The van der Waals surface area contributed by atoms with Crippen molar-refractivity contribution in [1.82, 2.24) is 15.2 Å². The summed E-state index contributed by atoms with van der Waals surface area (Å²) in [6.07, 6.45) is -3.88. The molecule has 2 aliphatic heterocycles. The van der Waals surface area contributed by atoms with Crippen molar-refractivity contribution in [2.45, 2.75) is 51.0 Å². The zero-order chi connectivity index (χ0) is 27.4. The monoisotopic (exact) mass is 543 g/mol. The molecule has 208 valence electrons. The molecule has 0 radical (unpaired) electrons. The lowest BCUT2D eigenvalue weighted by molar-refractivity contribution is -0.145. The van der Waals surface area contributed by atoms with Crippen molar-refractivity contribution in [3.05, 3.63) is 65.0 Å². The number of alkyl halides is 6. The van der Waals surface area contributed by atoms with Crippen LogP contribution in [0.4, 0.5) is 26.3 Å². The van der Waals surface area contributed by atoms with Gasteiger partial charge in [0.15, 0.2) is 0 Å². The van der Waals surface area contributed by atoms with Crippen molar-refractivity contribution in [3.63, 3.8) is 0 Å². The summed E-state index contributed by atoms with van der Waals surface area (Å²) >= 11 is 0. The lowest BCUT2D eigenvalue weighted by Crippen LogP contribution is -2.51. The van der Waals surface area contributed by atoms with Crippen molar-refractivity contribution in [1.29, 1.82) is 0 Å². The summed E-state index contributed by atoms with van der Waals surface area (Å²) in [7, 11) is 0. The van der Waals surface area contributed by atoms with Gasteiger partial charge in [-0.3, -0.25) is 9.78 Å². The average molecular weight is 544 g/mol. The fourth-order valence-electron chi connectivity index (χ4n) is 5.39. The number of pyridine rings is 1. The van der Waals surface area contributed by atoms with Gasteiger partial charge in [-0.2, -0.15) is 26.3 Å². The summed E-state index contributed by atoms with van der Waals surface area (Å²) in [6, 6.07) is 5.20. The van der Waals surface area contributed by atoms with Gasteiger partial charge in [0.1, 0.15) is 0 Å². The van der Waals surface area contributed by atoms with Crippen LogP contribution in [0.2, 0.25) is 0 Å². The molecule has 0 atom stereocenters. The van der Waals surface area contributed by atoms with Gasteiger partial charge < -0.3 is 15.0 Å². The number of benzene rings is 1. The summed E-state index contributed by atoms with van der Waals surface area (Å²) in [4.78, 5) is 19.9. The molecule has 5 nitrogen and oxygen atoms in total. The number of nitrogens with zero attached hydrogens (tertiary/aromatic N) is 2. The second kappa shape index (κ2) is 11.6. The molecule has 0 spiro atoms. The van der Waals surface area contributed by atoms with E-state index in [-0.39, 0.29) is 36.5 Å². The third-order valence-electron chi connectivity index (χ3n) is 7.41. The number of halogens is 6. The van der Waals surface area contributed by atoms with E-state index in [0.717, 1.165) is 17.7 Å². The summed E-state index contributed by atoms with van der Waals surface area (Å²) in [5.74, 6) is -0.210. The molecule has 1 amide bonds. The third-order valence-corrected chi connectivity index (χ3v) is 7.41. The number of hydrogen-bond acceptors (Lipinski definition) is 4. The van der Waals surface area contributed by atoms with Crippen LogP contribution in [0.1, 0.15) is 47.9 Å². The van der Waals surface area contributed by atoms with Crippen LogP contribution in [-0.2, 0) is 34.8 Å². The van der Waals surface area contributed by atoms with Gasteiger partial charge in [0.25, 0.3) is 0 Å². The highest BCUT2D eigenvalue weighted by Gasteiger charge is 2.43. The van der Waals surface area contributed by atoms with Crippen molar-refractivity contribution in [3.8, 4) is 0 Å². The van der Waals surface area contributed by atoms with Gasteiger partial charge in [0.05, 0.1) is 16.5 Å². The lowest BCUT2D eigenvalue weighted by atomic mass is 9.73. The van der Waals surface area contributed by atoms with Crippen molar-refractivity contribution in [2.24, 2.45) is 11.3 Å². The Hall–Kier alpha value is -2.66. The Balaban J connectivity index is 1.71. The number of carbonyl (C=O) groups is 1. The highest BCUT2D eigenvalue weighted by Crippen LogP contribution is 2.39. The van der Waals surface area contributed by atoms with Crippen LogP contribution in [0.5, 0.6) is 0 Å². The second-order valence-electron chi connectivity index (χ2n) is 10.2. The first-order chi connectivity index (χ1) is 18.0. The molecular formula is C27H31F6N3O2. The minimum absolute atomic E-state index is 0.0396. The fourth-order valence-corrected chi connectivity index (χ4v) is 5.39. The van der Waals surface area contributed by atoms with E-state index in [1.165, 1.54) is 4.90 Å². The first kappa shape index (κ1) is 28.4. The Bertz CT molecular complexity index is 1050. The Morgan fingerprint density at radius 3 is 2.18 bits per heavy atom. The molecule has 11 heteroatoms. The molecule has 1 aromatic heterocycles. The topological polar surface area (TPSA) is 54.5 Å². The number of rotatable bonds is 7. The van der Waals surface area contributed by atoms with Crippen LogP contribution in [0.15, 0.2) is 42.7 Å². The molecular weight excluding hydrogens is 512 g/mol. The first-order valence-corrected chi connectivity index (χ1v) is 12.7. The Kier molecular flexibility index (Phi) is 8.66. The van der Waals surface area contributed by atoms with E-state index in [1.807, 2.05) is 6.07 Å². The minimum Gasteiger partial charge on any atom is -0.381 e. The largest absolute Gasteiger partial charge is 0.416 e. The maximum Gasteiger partial charge on any atom is 0.416 e. The van der Waals surface area contributed by atoms with E-state index >= 15 is 0 Å². The molecule has 0 saturated carbocycles. The molecule has 2 aliphatic rings. The molecule has 0 aliphatic carbocycles. The highest BCUT2D eigenvalue weighted by atomic mass is 19.4. The van der Waals surface area contributed by atoms with E-state index < -0.39 is 28.9 Å². The van der Waals surface area contributed by atoms with Gasteiger partial charge in [0, 0.05) is 38.7 Å². The van der Waals surface area contributed by atoms with E-state index in [9.17, 15) is 31.1 Å². The van der Waals surface area contributed by atoms with Gasteiger partial charge in [0.2, 0.25) is 5.91 Å². The van der Waals surface area contributed by atoms with E-state index in [0.29, 0.717) is 58.4 Å². The van der Waals surface area contributed by atoms with Gasteiger partial charge in [-0.1, -0.05) is 6.07 Å². The number of ether oxygens (including phenoxy) is 1. The average Bonchev–Trinajstić information content (AvgIpc) is 2.88. The van der Waals surface area contributed by atoms with E-state index in [4.69, 9.17) is 4.74 Å². The van der Waals surface area contributed by atoms with Crippen molar-refractivity contribution >= 4 is 5.91 Å². The Morgan fingerprint density at radius 1 is 1.00 bits per heavy atom. The molecule has 38 heavy (non-hydrogen) atoms. The van der Waals surface area contributed by atoms with Crippen molar-refractivity contribution < 1.29 is 35.9 Å². The lowest BCUT2D eigenvalue weighted by Gasteiger charge is -2.41. The van der Waals surface area contributed by atoms with E-state index in [2.05, 4.69) is 10.3 Å². The highest BCUT2D eigenvalue weighted by molar-refractivity contribution is 5.83. The first-order valence-electron chi connectivity index (χ1n) is 12.7. The number of nitrogens with one attached hydrogen (secondary N) is 1. The molecule has 1 aromatic carbocycles. The summed E-state index contributed by atoms with van der Waals surface area (Å²) in [5, 5.41) is 3.25. The Labute approximate surface area is 217 Å². The van der Waals surface area contributed by atoms with Crippen LogP contribution in [-0.4, -0.2) is 48.6 Å². The number of hydrogen-bond donors (Lipinski definition) is 1. The minimum atomic E-state index is -4.96. The molecule has 0 unspecified atom stereocenters. The number of carbonyl (C=O) groups excluding carboxylic acids is 1. The SMILES string of the molecule is O=C(N(Cc1cc(C(F)(F)F)cc(C(F)(F)F)c1)CC1CCOCC1)C1(Cc2cccnc2)CCNCC1. The molecule has 2 aromatic rings. The number of piperidine rings is 1. The smallest absolute Gasteiger partial charge is 0.381 e. The van der Waals surface area contributed by atoms with Gasteiger partial charge >= 0.3 is 12.4 Å². The van der Waals surface area contributed by atoms with Gasteiger partial charge in [-0.25, -0.2) is 0 Å². The van der Waals surface area contributed by atoms with Crippen LogP contribution in [0.3, 0.4) is 0 Å². The van der Waals surface area contributed by atoms with Crippen LogP contribution >= 0.6 is 0 Å². The predicted molar refractivity (Wildman–Crippen MR) is 128 cm³/mol. The molecule has 0 bridgehead atoms. The van der Waals surface area contributed by atoms with Gasteiger partial charge in [-0.05, 0) is 86.5 Å². The molecule has 2 fully saturated rings. The maximum atomic E-state index is 14.3. The summed E-state index contributed by atoms with van der Waals surface area (Å²) < 4.78 is 86.6. The summed E-state index contributed by atoms with van der Waals surface area (Å²) in [5.41, 5.74) is -2.95. The van der Waals surface area contributed by atoms with Crippen molar-refractivity contribution in [2.75, 3.05) is 32.8 Å². The Morgan fingerprint density at radius 2 is 1.63 bits per heavy atom. The molecule has 4 rings (SSSR count). The maximum absolute atomic E-state index is 14.3. The third kappa shape index (κ3) is 7.05. The molecule has 3 heterocycles. The number of aromatic nitrogens is 1. The quantitative estimate of drug-likeness (QED) is 0.470.